The molecule has 0 bridgehead atoms. The molecule has 0 N–H and O–H groups in total. The number of carbonyl (C=O) groups is 1. The van der Waals surface area contributed by atoms with E-state index in [1.807, 2.05) is 0 Å². The number of carbonyl (C=O) groups excluding carboxylic acids is 1. The van der Waals surface area contributed by atoms with Gasteiger partial charge in [-0.3, -0.25) is 4.79 Å². The van der Waals surface area contributed by atoms with Crippen LogP contribution in [0.2, 0.25) is 5.15 Å². The molecule has 0 aliphatic heterocycles. The quantitative estimate of drug-likeness (QED) is 0.806. The first-order valence-corrected chi connectivity index (χ1v) is 6.08. The van der Waals surface area contributed by atoms with Crippen LogP contribution in [0.1, 0.15) is 12.5 Å². The van der Waals surface area contributed by atoms with Crippen LogP contribution in [0.15, 0.2) is 42.6 Å². The summed E-state index contributed by atoms with van der Waals surface area (Å²) in [5.41, 5.74) is 1.49. The summed E-state index contributed by atoms with van der Waals surface area (Å²) < 4.78 is 12.9. The predicted molar refractivity (Wildman–Crippen MR) is 72.5 cm³/mol. The summed E-state index contributed by atoms with van der Waals surface area (Å²) in [5, 5.41) is 0.403. The van der Waals surface area contributed by atoms with Crippen LogP contribution in [0.25, 0.3) is 0 Å². The van der Waals surface area contributed by atoms with Crippen molar-refractivity contribution in [2.75, 3.05) is 4.90 Å². The lowest BCUT2D eigenvalue weighted by Gasteiger charge is -2.21. The topological polar surface area (TPSA) is 33.2 Å². The minimum atomic E-state index is -0.333. The van der Waals surface area contributed by atoms with E-state index < -0.39 is 0 Å². The molecule has 98 valence electrons. The maximum atomic E-state index is 12.9. The summed E-state index contributed by atoms with van der Waals surface area (Å²) >= 11 is 5.71. The highest BCUT2D eigenvalue weighted by molar-refractivity contribution is 6.29. The molecular formula is C14H12ClFN2O. The van der Waals surface area contributed by atoms with Crippen molar-refractivity contribution in [3.05, 3.63) is 59.1 Å². The van der Waals surface area contributed by atoms with Gasteiger partial charge in [0.15, 0.2) is 0 Å². The number of pyridine rings is 1. The van der Waals surface area contributed by atoms with Crippen molar-refractivity contribution >= 4 is 23.2 Å². The third kappa shape index (κ3) is 3.51. The van der Waals surface area contributed by atoms with Gasteiger partial charge in [0.2, 0.25) is 5.91 Å². The number of nitrogens with zero attached hydrogens (tertiary/aromatic N) is 2. The average molecular weight is 279 g/mol. The summed E-state index contributed by atoms with van der Waals surface area (Å²) in [6.45, 7) is 1.83. The molecule has 1 heterocycles. The fourth-order valence-electron chi connectivity index (χ4n) is 1.69. The monoisotopic (exact) mass is 278 g/mol. The van der Waals surface area contributed by atoms with Crippen molar-refractivity contribution in [3.63, 3.8) is 0 Å². The molecule has 2 rings (SSSR count). The standard InChI is InChI=1S/C14H12ClFN2O/c1-10(19)18(13-5-3-12(16)4-6-13)9-11-2-7-14(15)17-8-11/h2-8H,9H2,1H3. The lowest BCUT2D eigenvalue weighted by molar-refractivity contribution is -0.116. The molecule has 0 unspecified atom stereocenters. The molecule has 0 atom stereocenters. The maximum Gasteiger partial charge on any atom is 0.224 e. The third-order valence-electron chi connectivity index (χ3n) is 2.65. The van der Waals surface area contributed by atoms with Crippen LogP contribution in [0.3, 0.4) is 0 Å². The number of hydrogen-bond donors (Lipinski definition) is 0. The van der Waals surface area contributed by atoms with Gasteiger partial charge in [0.25, 0.3) is 0 Å². The molecule has 0 fully saturated rings. The van der Waals surface area contributed by atoms with Gasteiger partial charge in [-0.05, 0) is 35.9 Å². The highest BCUT2D eigenvalue weighted by Crippen LogP contribution is 2.18. The van der Waals surface area contributed by atoms with Crippen molar-refractivity contribution in [3.8, 4) is 0 Å². The van der Waals surface area contributed by atoms with Crippen LogP contribution in [0, 0.1) is 5.82 Å². The van der Waals surface area contributed by atoms with Gasteiger partial charge in [0, 0.05) is 18.8 Å². The van der Waals surface area contributed by atoms with Crippen molar-refractivity contribution in [2.24, 2.45) is 0 Å². The Balaban J connectivity index is 2.23. The van der Waals surface area contributed by atoms with Crippen LogP contribution in [-0.4, -0.2) is 10.9 Å². The minimum absolute atomic E-state index is 0.124. The smallest absolute Gasteiger partial charge is 0.224 e. The fraction of sp³-hybridized carbons (Fsp3) is 0.143. The van der Waals surface area contributed by atoms with Gasteiger partial charge in [-0.15, -0.1) is 0 Å². The molecule has 1 aromatic carbocycles. The van der Waals surface area contributed by atoms with E-state index in [9.17, 15) is 9.18 Å². The number of hydrogen-bond acceptors (Lipinski definition) is 2. The van der Waals surface area contributed by atoms with Crippen LogP contribution in [-0.2, 0) is 11.3 Å². The number of rotatable bonds is 3. The predicted octanol–water partition coefficient (Wildman–Crippen LogP) is 3.43. The molecule has 19 heavy (non-hydrogen) atoms. The molecule has 2 aromatic rings. The first-order chi connectivity index (χ1) is 9.06. The maximum absolute atomic E-state index is 12.9. The molecule has 5 heteroatoms. The van der Waals surface area contributed by atoms with Gasteiger partial charge in [-0.25, -0.2) is 9.37 Å². The number of aromatic nitrogens is 1. The van der Waals surface area contributed by atoms with E-state index in [1.165, 1.54) is 19.1 Å². The van der Waals surface area contributed by atoms with Gasteiger partial charge in [-0.1, -0.05) is 17.7 Å². The lowest BCUT2D eigenvalue weighted by Crippen LogP contribution is -2.27. The Kier molecular flexibility index (Phi) is 4.12. The Labute approximate surface area is 115 Å². The highest BCUT2D eigenvalue weighted by atomic mass is 35.5. The van der Waals surface area contributed by atoms with Gasteiger partial charge in [0.1, 0.15) is 11.0 Å². The summed E-state index contributed by atoms with van der Waals surface area (Å²) in [6, 6.07) is 9.26. The minimum Gasteiger partial charge on any atom is -0.308 e. The van der Waals surface area contributed by atoms with E-state index >= 15 is 0 Å². The van der Waals surface area contributed by atoms with Gasteiger partial charge in [0.05, 0.1) is 6.54 Å². The Bertz CT molecular complexity index is 569. The Hall–Kier alpha value is -1.94. The SMILES string of the molecule is CC(=O)N(Cc1ccc(Cl)nc1)c1ccc(F)cc1. The van der Waals surface area contributed by atoms with Crippen LogP contribution in [0.4, 0.5) is 10.1 Å². The largest absolute Gasteiger partial charge is 0.308 e. The summed E-state index contributed by atoms with van der Waals surface area (Å²) in [7, 11) is 0. The second-order valence-corrected chi connectivity index (χ2v) is 4.46. The number of halogens is 2. The molecule has 1 amide bonds. The average Bonchev–Trinajstić information content (AvgIpc) is 2.39. The van der Waals surface area contributed by atoms with Crippen LogP contribution < -0.4 is 4.90 Å². The first kappa shape index (κ1) is 13.5. The first-order valence-electron chi connectivity index (χ1n) is 5.70. The molecular weight excluding hydrogens is 267 g/mol. The Morgan fingerprint density at radius 1 is 1.26 bits per heavy atom. The van der Waals surface area contributed by atoms with E-state index in [0.717, 1.165) is 5.56 Å². The van der Waals surface area contributed by atoms with Crippen LogP contribution >= 0.6 is 11.6 Å². The summed E-state index contributed by atoms with van der Waals surface area (Å²) in [4.78, 5) is 17.2. The van der Waals surface area contributed by atoms with Gasteiger partial charge < -0.3 is 4.90 Å². The molecule has 1 aromatic heterocycles. The van der Waals surface area contributed by atoms with Gasteiger partial charge >= 0.3 is 0 Å². The Morgan fingerprint density at radius 2 is 1.95 bits per heavy atom. The summed E-state index contributed by atoms with van der Waals surface area (Å²) in [6.07, 6.45) is 1.61. The highest BCUT2D eigenvalue weighted by Gasteiger charge is 2.12. The van der Waals surface area contributed by atoms with E-state index in [-0.39, 0.29) is 11.7 Å². The molecule has 3 nitrogen and oxygen atoms in total. The van der Waals surface area contributed by atoms with E-state index in [2.05, 4.69) is 4.98 Å². The second-order valence-electron chi connectivity index (χ2n) is 4.07. The molecule has 0 saturated heterocycles. The number of anilines is 1. The third-order valence-corrected chi connectivity index (χ3v) is 2.87. The number of amides is 1. The van der Waals surface area contributed by atoms with E-state index in [1.54, 1.807) is 35.4 Å². The second kappa shape index (κ2) is 5.80. The fourth-order valence-corrected chi connectivity index (χ4v) is 1.80. The molecule has 0 aliphatic carbocycles. The van der Waals surface area contributed by atoms with Crippen LogP contribution in [0.5, 0.6) is 0 Å². The van der Waals surface area contributed by atoms with Crippen molar-refractivity contribution < 1.29 is 9.18 Å². The van der Waals surface area contributed by atoms with Crippen molar-refractivity contribution in [1.82, 2.24) is 4.98 Å². The molecule has 0 radical (unpaired) electrons. The summed E-state index contributed by atoms with van der Waals surface area (Å²) in [5.74, 6) is -0.457. The zero-order valence-electron chi connectivity index (χ0n) is 10.3. The molecule has 0 saturated carbocycles. The van der Waals surface area contributed by atoms with E-state index in [4.69, 9.17) is 11.6 Å². The molecule has 0 spiro atoms. The lowest BCUT2D eigenvalue weighted by atomic mass is 10.2. The molecule has 0 aliphatic rings. The van der Waals surface area contributed by atoms with Crippen molar-refractivity contribution in [1.29, 1.82) is 0 Å². The zero-order valence-corrected chi connectivity index (χ0v) is 11.1. The van der Waals surface area contributed by atoms with Gasteiger partial charge in [-0.2, -0.15) is 0 Å². The Morgan fingerprint density at radius 3 is 2.47 bits per heavy atom. The zero-order chi connectivity index (χ0) is 13.8. The van der Waals surface area contributed by atoms with E-state index in [0.29, 0.717) is 17.4 Å². The van der Waals surface area contributed by atoms with Crippen molar-refractivity contribution in [2.45, 2.75) is 13.5 Å². The number of benzene rings is 1. The normalized spacial score (nSPS) is 10.3.